The molecule has 15 heavy (non-hydrogen) atoms. The van der Waals surface area contributed by atoms with Gasteiger partial charge < -0.3 is 4.74 Å². The van der Waals surface area contributed by atoms with E-state index in [1.54, 1.807) is 0 Å². The van der Waals surface area contributed by atoms with E-state index in [4.69, 9.17) is 4.74 Å². The van der Waals surface area contributed by atoms with Crippen molar-refractivity contribution in [1.82, 2.24) is 0 Å². The van der Waals surface area contributed by atoms with Gasteiger partial charge in [0.1, 0.15) is 0 Å². The van der Waals surface area contributed by atoms with Crippen molar-refractivity contribution in [2.75, 3.05) is 6.61 Å². The minimum absolute atomic E-state index is 0.342. The molecule has 0 N–H and O–H groups in total. The predicted octanol–water partition coefficient (Wildman–Crippen LogP) is 4.65. The van der Waals surface area contributed by atoms with Gasteiger partial charge in [0.15, 0.2) is 0 Å². The van der Waals surface area contributed by atoms with Crippen LogP contribution in [0.2, 0.25) is 0 Å². The molecule has 1 heterocycles. The van der Waals surface area contributed by atoms with Crippen LogP contribution in [0, 0.1) is 10.8 Å². The van der Waals surface area contributed by atoms with Gasteiger partial charge in [-0.1, -0.05) is 48.5 Å². The molecule has 0 spiro atoms. The van der Waals surface area contributed by atoms with Gasteiger partial charge in [0.2, 0.25) is 0 Å². The van der Waals surface area contributed by atoms with Crippen LogP contribution in [0.1, 0.15) is 67.7 Å². The van der Waals surface area contributed by atoms with Crippen molar-refractivity contribution in [3.63, 3.8) is 0 Å². The molecule has 0 aromatic carbocycles. The third kappa shape index (κ3) is 5.55. The molecule has 0 radical (unpaired) electrons. The lowest BCUT2D eigenvalue weighted by Gasteiger charge is -2.36. The maximum atomic E-state index is 5.76. The topological polar surface area (TPSA) is 9.23 Å². The first-order valence-electron chi connectivity index (χ1n) is 6.43. The molecular weight excluding hydrogens is 184 g/mol. The molecule has 1 fully saturated rings. The van der Waals surface area contributed by atoms with Gasteiger partial charge in [0.05, 0.1) is 6.10 Å². The molecule has 92 valence electrons. The summed E-state index contributed by atoms with van der Waals surface area (Å²) in [7, 11) is 0. The molecule has 1 aliphatic heterocycles. The average Bonchev–Trinajstić information content (AvgIpc) is 2.55. The minimum Gasteiger partial charge on any atom is -0.378 e. The molecule has 1 aliphatic rings. The van der Waals surface area contributed by atoms with Gasteiger partial charge in [-0.25, -0.2) is 0 Å². The van der Waals surface area contributed by atoms with Crippen LogP contribution in [-0.4, -0.2) is 12.7 Å². The Morgan fingerprint density at radius 2 is 1.60 bits per heavy atom. The highest BCUT2D eigenvalue weighted by atomic mass is 16.5. The highest BCUT2D eigenvalue weighted by Crippen LogP contribution is 2.40. The summed E-state index contributed by atoms with van der Waals surface area (Å²) in [5, 5.41) is 0. The average molecular weight is 214 g/mol. The lowest BCUT2D eigenvalue weighted by atomic mass is 9.72. The van der Waals surface area contributed by atoms with Crippen LogP contribution in [0.3, 0.4) is 0 Å². The van der Waals surface area contributed by atoms with Crippen LogP contribution in [0.25, 0.3) is 0 Å². The standard InChI is InChI=1S/C12H24O.C2H6/c1-11(2,3)9-12(4,5)10-7-6-8-13-10;1-2/h10H,6-9H2,1-5H3;1-2H3. The molecular formula is C14H30O. The van der Waals surface area contributed by atoms with Crippen LogP contribution >= 0.6 is 0 Å². The van der Waals surface area contributed by atoms with Crippen LogP contribution in [-0.2, 0) is 4.74 Å². The molecule has 0 bridgehead atoms. The van der Waals surface area contributed by atoms with Crippen molar-refractivity contribution < 1.29 is 4.74 Å². The van der Waals surface area contributed by atoms with Gasteiger partial charge in [-0.3, -0.25) is 0 Å². The van der Waals surface area contributed by atoms with E-state index in [0.29, 0.717) is 16.9 Å². The van der Waals surface area contributed by atoms with Gasteiger partial charge in [0, 0.05) is 6.61 Å². The largest absolute Gasteiger partial charge is 0.378 e. The number of hydrogen-bond donors (Lipinski definition) is 0. The first-order valence-corrected chi connectivity index (χ1v) is 6.43. The van der Waals surface area contributed by atoms with Crippen molar-refractivity contribution in [3.05, 3.63) is 0 Å². The number of ether oxygens (including phenoxy) is 1. The predicted molar refractivity (Wildman–Crippen MR) is 68.2 cm³/mol. The zero-order valence-electron chi connectivity index (χ0n) is 11.8. The first-order chi connectivity index (χ1) is 6.81. The number of rotatable bonds is 2. The van der Waals surface area contributed by atoms with E-state index in [-0.39, 0.29) is 0 Å². The minimum atomic E-state index is 0.342. The van der Waals surface area contributed by atoms with Crippen LogP contribution in [0.15, 0.2) is 0 Å². The summed E-state index contributed by atoms with van der Waals surface area (Å²) in [6.45, 7) is 16.6. The zero-order chi connectivity index (χ0) is 12.1. The molecule has 1 heteroatoms. The molecule has 0 aromatic rings. The smallest absolute Gasteiger partial charge is 0.0627 e. The maximum Gasteiger partial charge on any atom is 0.0627 e. The summed E-state index contributed by atoms with van der Waals surface area (Å²) in [5.74, 6) is 0. The van der Waals surface area contributed by atoms with Gasteiger partial charge >= 0.3 is 0 Å². The fraction of sp³-hybridized carbons (Fsp3) is 1.00. The molecule has 0 aliphatic carbocycles. The Morgan fingerprint density at radius 1 is 1.07 bits per heavy atom. The van der Waals surface area contributed by atoms with Crippen molar-refractivity contribution in [2.45, 2.75) is 73.8 Å². The fourth-order valence-electron chi connectivity index (χ4n) is 2.67. The van der Waals surface area contributed by atoms with E-state index in [2.05, 4.69) is 34.6 Å². The van der Waals surface area contributed by atoms with E-state index < -0.39 is 0 Å². The van der Waals surface area contributed by atoms with Crippen LogP contribution in [0.4, 0.5) is 0 Å². The molecule has 1 atom stereocenters. The van der Waals surface area contributed by atoms with E-state index in [9.17, 15) is 0 Å². The third-order valence-corrected chi connectivity index (χ3v) is 2.79. The molecule has 1 rings (SSSR count). The second-order valence-electron chi connectivity index (χ2n) is 6.23. The SMILES string of the molecule is CC.CC(C)(C)CC(C)(C)C1CCCO1. The lowest BCUT2D eigenvalue weighted by molar-refractivity contribution is -0.00269. The van der Waals surface area contributed by atoms with Crippen LogP contribution in [0.5, 0.6) is 0 Å². The summed E-state index contributed by atoms with van der Waals surface area (Å²) in [6, 6.07) is 0. The first kappa shape index (κ1) is 15.0. The fourth-order valence-corrected chi connectivity index (χ4v) is 2.67. The van der Waals surface area contributed by atoms with E-state index >= 15 is 0 Å². The van der Waals surface area contributed by atoms with E-state index in [0.717, 1.165) is 6.61 Å². The summed E-state index contributed by atoms with van der Waals surface area (Å²) in [6.07, 6.45) is 4.23. The van der Waals surface area contributed by atoms with E-state index in [1.807, 2.05) is 13.8 Å². The monoisotopic (exact) mass is 214 g/mol. The second-order valence-corrected chi connectivity index (χ2v) is 6.23. The van der Waals surface area contributed by atoms with Crippen LogP contribution < -0.4 is 0 Å². The molecule has 0 aromatic heterocycles. The second kappa shape index (κ2) is 5.89. The molecule has 0 saturated carbocycles. The Bertz CT molecular complexity index is 159. The third-order valence-electron chi connectivity index (χ3n) is 2.79. The number of hydrogen-bond acceptors (Lipinski definition) is 1. The Morgan fingerprint density at radius 3 is 1.93 bits per heavy atom. The van der Waals surface area contributed by atoms with E-state index in [1.165, 1.54) is 19.3 Å². The molecule has 1 unspecified atom stereocenters. The highest BCUT2D eigenvalue weighted by molar-refractivity contribution is 4.85. The van der Waals surface area contributed by atoms with Crippen molar-refractivity contribution in [1.29, 1.82) is 0 Å². The Hall–Kier alpha value is -0.0400. The molecule has 1 saturated heterocycles. The Kier molecular flexibility index (Phi) is 5.87. The van der Waals surface area contributed by atoms with Crippen molar-refractivity contribution in [2.24, 2.45) is 10.8 Å². The highest BCUT2D eigenvalue weighted by Gasteiger charge is 2.35. The van der Waals surface area contributed by atoms with Gasteiger partial charge in [-0.15, -0.1) is 0 Å². The quantitative estimate of drug-likeness (QED) is 0.650. The Balaban J connectivity index is 0.000000921. The maximum absolute atomic E-state index is 5.76. The lowest BCUT2D eigenvalue weighted by Crippen LogP contribution is -2.32. The summed E-state index contributed by atoms with van der Waals surface area (Å²) < 4.78 is 5.76. The van der Waals surface area contributed by atoms with Gasteiger partial charge in [-0.2, -0.15) is 0 Å². The zero-order valence-corrected chi connectivity index (χ0v) is 11.8. The summed E-state index contributed by atoms with van der Waals surface area (Å²) in [5.41, 5.74) is 0.754. The molecule has 1 nitrogen and oxygen atoms in total. The van der Waals surface area contributed by atoms with Gasteiger partial charge in [0.25, 0.3) is 0 Å². The van der Waals surface area contributed by atoms with Gasteiger partial charge in [-0.05, 0) is 30.1 Å². The Labute approximate surface area is 96.6 Å². The normalized spacial score (nSPS) is 22.2. The van der Waals surface area contributed by atoms with Crippen molar-refractivity contribution in [3.8, 4) is 0 Å². The molecule has 0 amide bonds. The summed E-state index contributed by atoms with van der Waals surface area (Å²) >= 11 is 0. The van der Waals surface area contributed by atoms with Crippen molar-refractivity contribution >= 4 is 0 Å². The summed E-state index contributed by atoms with van der Waals surface area (Å²) in [4.78, 5) is 0.